The molecule has 4 nitrogen and oxygen atoms in total. The van der Waals surface area contributed by atoms with E-state index >= 15 is 0 Å². The molecule has 1 saturated carbocycles. The van der Waals surface area contributed by atoms with Crippen LogP contribution in [0.1, 0.15) is 0 Å². The van der Waals surface area contributed by atoms with Crippen LogP contribution in [0, 0.1) is 17.8 Å². The minimum atomic E-state index is -2.93. The molecule has 1 saturated heterocycles. The van der Waals surface area contributed by atoms with Crippen molar-refractivity contribution in [1.29, 1.82) is 0 Å². The Hall–Kier alpha value is -0.130. The first-order chi connectivity index (χ1) is 6.04. The molecule has 1 aliphatic heterocycles. The van der Waals surface area contributed by atoms with Crippen LogP contribution < -0.4 is 5.32 Å². The standard InChI is InChI=1S/C8H16N2O2S/c1-9-3-6-7-4-10(5-8(6)7)13(2,11)12/h6-9H,3-5H2,1-2H3/t6?,7-,8+. The Kier molecular flexibility index (Phi) is 2.13. The van der Waals surface area contributed by atoms with Gasteiger partial charge in [-0.05, 0) is 31.3 Å². The third-order valence-corrected chi connectivity index (χ3v) is 4.48. The van der Waals surface area contributed by atoms with Crippen LogP contribution in [-0.2, 0) is 10.0 Å². The van der Waals surface area contributed by atoms with Gasteiger partial charge in [0.25, 0.3) is 0 Å². The van der Waals surface area contributed by atoms with Gasteiger partial charge in [0.1, 0.15) is 0 Å². The summed E-state index contributed by atoms with van der Waals surface area (Å²) in [5, 5.41) is 3.14. The lowest BCUT2D eigenvalue weighted by Gasteiger charge is -2.16. The van der Waals surface area contributed by atoms with E-state index in [-0.39, 0.29) is 0 Å². The molecule has 0 aromatic heterocycles. The molecule has 2 aliphatic rings. The molecular formula is C8H16N2O2S. The van der Waals surface area contributed by atoms with Crippen LogP contribution in [0.15, 0.2) is 0 Å². The van der Waals surface area contributed by atoms with Crippen LogP contribution in [0.3, 0.4) is 0 Å². The van der Waals surface area contributed by atoms with E-state index < -0.39 is 10.0 Å². The van der Waals surface area contributed by atoms with Crippen molar-refractivity contribution in [3.63, 3.8) is 0 Å². The molecule has 2 rings (SSSR count). The van der Waals surface area contributed by atoms with Gasteiger partial charge in [0.15, 0.2) is 0 Å². The normalized spacial score (nSPS) is 39.1. The molecule has 76 valence electrons. The van der Waals surface area contributed by atoms with Crippen molar-refractivity contribution >= 4 is 10.0 Å². The van der Waals surface area contributed by atoms with Crippen LogP contribution in [0.2, 0.25) is 0 Å². The number of rotatable bonds is 3. The summed E-state index contributed by atoms with van der Waals surface area (Å²) in [6.45, 7) is 2.53. The molecule has 0 aromatic carbocycles. The zero-order valence-electron chi connectivity index (χ0n) is 8.03. The van der Waals surface area contributed by atoms with Crippen molar-refractivity contribution in [3.8, 4) is 0 Å². The molecule has 2 fully saturated rings. The average molecular weight is 204 g/mol. The number of sulfonamides is 1. The van der Waals surface area contributed by atoms with Gasteiger partial charge in [-0.3, -0.25) is 0 Å². The number of hydrogen-bond donors (Lipinski definition) is 1. The van der Waals surface area contributed by atoms with Crippen LogP contribution in [-0.4, -0.2) is 45.7 Å². The van der Waals surface area contributed by atoms with Crippen molar-refractivity contribution < 1.29 is 8.42 Å². The van der Waals surface area contributed by atoms with Gasteiger partial charge in [-0.1, -0.05) is 0 Å². The first-order valence-electron chi connectivity index (χ1n) is 4.63. The second kappa shape index (κ2) is 2.93. The number of fused-ring (bicyclic) bond motifs is 1. The van der Waals surface area contributed by atoms with Gasteiger partial charge in [0, 0.05) is 13.1 Å². The van der Waals surface area contributed by atoms with Gasteiger partial charge in [-0.15, -0.1) is 0 Å². The van der Waals surface area contributed by atoms with Gasteiger partial charge in [-0.25, -0.2) is 12.7 Å². The van der Waals surface area contributed by atoms with Crippen molar-refractivity contribution in [1.82, 2.24) is 9.62 Å². The highest BCUT2D eigenvalue weighted by atomic mass is 32.2. The number of piperidine rings is 1. The number of hydrogen-bond acceptors (Lipinski definition) is 3. The maximum absolute atomic E-state index is 11.2. The predicted molar refractivity (Wildman–Crippen MR) is 50.8 cm³/mol. The van der Waals surface area contributed by atoms with Crippen molar-refractivity contribution in [2.75, 3.05) is 32.9 Å². The average Bonchev–Trinajstić information content (AvgIpc) is 2.50. The summed E-state index contributed by atoms with van der Waals surface area (Å²) in [5.74, 6) is 1.98. The summed E-state index contributed by atoms with van der Waals surface area (Å²) >= 11 is 0. The zero-order chi connectivity index (χ0) is 9.64. The third kappa shape index (κ3) is 1.60. The Labute approximate surface area is 79.4 Å². The Bertz CT molecular complexity index is 289. The minimum absolute atomic E-state index is 0.627. The van der Waals surface area contributed by atoms with Crippen LogP contribution in [0.25, 0.3) is 0 Å². The largest absolute Gasteiger partial charge is 0.319 e. The third-order valence-electron chi connectivity index (χ3n) is 3.25. The van der Waals surface area contributed by atoms with E-state index in [9.17, 15) is 8.42 Å². The number of nitrogens with one attached hydrogen (secondary N) is 1. The Balaban J connectivity index is 1.90. The van der Waals surface area contributed by atoms with Crippen LogP contribution in [0.5, 0.6) is 0 Å². The molecule has 3 atom stereocenters. The van der Waals surface area contributed by atoms with E-state index in [1.54, 1.807) is 4.31 Å². The molecule has 0 spiro atoms. The summed E-state index contributed by atoms with van der Waals surface area (Å²) in [4.78, 5) is 0. The first kappa shape index (κ1) is 9.43. The predicted octanol–water partition coefficient (Wildman–Crippen LogP) is -0.657. The summed E-state index contributed by atoms with van der Waals surface area (Å²) < 4.78 is 24.0. The summed E-state index contributed by atoms with van der Waals surface area (Å²) in [7, 11) is -0.984. The lowest BCUT2D eigenvalue weighted by molar-refractivity contribution is 0.411. The first-order valence-corrected chi connectivity index (χ1v) is 6.48. The highest BCUT2D eigenvalue weighted by Crippen LogP contribution is 2.51. The van der Waals surface area contributed by atoms with Gasteiger partial charge >= 0.3 is 0 Å². The smallest absolute Gasteiger partial charge is 0.211 e. The Morgan fingerprint density at radius 3 is 2.31 bits per heavy atom. The molecule has 13 heavy (non-hydrogen) atoms. The van der Waals surface area contributed by atoms with Crippen LogP contribution >= 0.6 is 0 Å². The fourth-order valence-corrected chi connectivity index (χ4v) is 3.31. The van der Waals surface area contributed by atoms with Gasteiger partial charge in [-0.2, -0.15) is 0 Å². The van der Waals surface area contributed by atoms with E-state index in [0.717, 1.165) is 25.6 Å². The molecule has 0 aromatic rings. The van der Waals surface area contributed by atoms with E-state index in [1.807, 2.05) is 7.05 Å². The molecular weight excluding hydrogens is 188 g/mol. The monoisotopic (exact) mass is 204 g/mol. The van der Waals surface area contributed by atoms with E-state index in [2.05, 4.69) is 5.32 Å². The second-order valence-electron chi connectivity index (χ2n) is 4.13. The second-order valence-corrected chi connectivity index (χ2v) is 6.11. The van der Waals surface area contributed by atoms with E-state index in [4.69, 9.17) is 0 Å². The van der Waals surface area contributed by atoms with Crippen molar-refractivity contribution in [2.45, 2.75) is 0 Å². The summed E-state index contributed by atoms with van der Waals surface area (Å²) in [5.41, 5.74) is 0. The maximum Gasteiger partial charge on any atom is 0.211 e. The summed E-state index contributed by atoms with van der Waals surface area (Å²) in [6, 6.07) is 0. The molecule has 0 amide bonds. The quantitative estimate of drug-likeness (QED) is 0.664. The Morgan fingerprint density at radius 1 is 1.38 bits per heavy atom. The maximum atomic E-state index is 11.2. The molecule has 1 aliphatic carbocycles. The van der Waals surface area contributed by atoms with Crippen molar-refractivity contribution in [3.05, 3.63) is 0 Å². The van der Waals surface area contributed by atoms with Gasteiger partial charge < -0.3 is 5.32 Å². The zero-order valence-corrected chi connectivity index (χ0v) is 8.84. The number of nitrogens with zero attached hydrogens (tertiary/aromatic N) is 1. The van der Waals surface area contributed by atoms with Crippen LogP contribution in [0.4, 0.5) is 0 Å². The lowest BCUT2D eigenvalue weighted by atomic mass is 10.3. The molecule has 1 N–H and O–H groups in total. The molecule has 1 unspecified atom stereocenters. The van der Waals surface area contributed by atoms with Crippen molar-refractivity contribution in [2.24, 2.45) is 17.8 Å². The summed E-state index contributed by atoms with van der Waals surface area (Å²) in [6.07, 6.45) is 1.30. The van der Waals surface area contributed by atoms with E-state index in [1.165, 1.54) is 6.26 Å². The van der Waals surface area contributed by atoms with Gasteiger partial charge in [0.05, 0.1) is 6.26 Å². The highest BCUT2D eigenvalue weighted by Gasteiger charge is 2.56. The fourth-order valence-electron chi connectivity index (χ4n) is 2.42. The highest BCUT2D eigenvalue weighted by molar-refractivity contribution is 7.88. The SMILES string of the molecule is CNCC1[C@H]2CN(S(C)(=O)=O)C[C@@H]12. The molecule has 1 heterocycles. The fraction of sp³-hybridized carbons (Fsp3) is 1.00. The lowest BCUT2D eigenvalue weighted by Crippen LogP contribution is -2.31. The minimum Gasteiger partial charge on any atom is -0.319 e. The van der Waals surface area contributed by atoms with E-state index in [0.29, 0.717) is 11.8 Å². The molecule has 0 bridgehead atoms. The Morgan fingerprint density at radius 2 is 1.92 bits per heavy atom. The van der Waals surface area contributed by atoms with Gasteiger partial charge in [0.2, 0.25) is 10.0 Å². The topological polar surface area (TPSA) is 49.4 Å². The molecule has 0 radical (unpaired) electrons. The molecule has 5 heteroatoms.